The summed E-state index contributed by atoms with van der Waals surface area (Å²) in [4.78, 5) is 16.4. The Hall–Kier alpha value is -0.250. The predicted octanol–water partition coefficient (Wildman–Crippen LogP) is 3.43. The summed E-state index contributed by atoms with van der Waals surface area (Å²) in [5.41, 5.74) is 0. The third kappa shape index (κ3) is 7.53. The van der Waals surface area contributed by atoms with Crippen molar-refractivity contribution in [1.29, 1.82) is 0 Å². The Balaban J connectivity index is 4.63. The maximum Gasteiger partial charge on any atom is 0.446 e. The molecule has 0 unspecified atom stereocenters. The van der Waals surface area contributed by atoms with E-state index in [4.69, 9.17) is 13.9 Å². The molecule has 0 N–H and O–H groups in total. The maximum atomic E-state index is 12.4. The number of hydrogen-bond acceptors (Lipinski definition) is 8. The molecule has 1 amide bonds. The Morgan fingerprint density at radius 2 is 1.76 bits per heavy atom. The number of oxime groups is 1. The Labute approximate surface area is 134 Å². The van der Waals surface area contributed by atoms with Crippen LogP contribution in [0.3, 0.4) is 0 Å². The summed E-state index contributed by atoms with van der Waals surface area (Å²) in [5, 5.41) is 4.25. The van der Waals surface area contributed by atoms with Crippen molar-refractivity contribution in [2.75, 3.05) is 33.6 Å². The number of amides is 1. The maximum absolute atomic E-state index is 12.4. The summed E-state index contributed by atoms with van der Waals surface area (Å²) in [6.45, 7) is 5.60. The van der Waals surface area contributed by atoms with Crippen molar-refractivity contribution in [2.24, 2.45) is 5.16 Å². The average Bonchev–Trinajstić information content (AvgIpc) is 2.44. The van der Waals surface area contributed by atoms with Crippen molar-refractivity contribution in [3.05, 3.63) is 0 Å². The quantitative estimate of drug-likeness (QED) is 0.163. The number of nitrogens with zero attached hydrogens (tertiary/aromatic N) is 3. The smallest absolute Gasteiger partial charge is 0.296 e. The van der Waals surface area contributed by atoms with Crippen molar-refractivity contribution < 1.29 is 23.2 Å². The van der Waals surface area contributed by atoms with Gasteiger partial charge < -0.3 is 0 Å². The zero-order valence-corrected chi connectivity index (χ0v) is 15.6. The van der Waals surface area contributed by atoms with E-state index in [1.807, 2.05) is 6.26 Å². The Bertz CT molecular complexity index is 400. The molecule has 0 aromatic heterocycles. The minimum absolute atomic E-state index is 0.230. The lowest BCUT2D eigenvalue weighted by Gasteiger charge is -2.27. The first-order valence-electron chi connectivity index (χ1n) is 6.15. The van der Waals surface area contributed by atoms with Crippen molar-refractivity contribution in [3.8, 4) is 0 Å². The summed E-state index contributed by atoms with van der Waals surface area (Å²) in [6, 6.07) is 0. The van der Waals surface area contributed by atoms with E-state index in [0.717, 1.165) is 16.4 Å². The molecule has 0 rings (SSSR count). The van der Waals surface area contributed by atoms with Crippen molar-refractivity contribution in [1.82, 2.24) is 8.38 Å². The van der Waals surface area contributed by atoms with Crippen LogP contribution >= 0.6 is 31.6 Å². The van der Waals surface area contributed by atoms with Gasteiger partial charge in [0.25, 0.3) is 0 Å². The lowest BCUT2D eigenvalue weighted by molar-refractivity contribution is 0.136. The number of thioether (sulfide) groups is 1. The van der Waals surface area contributed by atoms with Crippen LogP contribution < -0.4 is 0 Å². The van der Waals surface area contributed by atoms with Gasteiger partial charge in [-0.3, -0.25) is 13.9 Å². The zero-order chi connectivity index (χ0) is 16.5. The molecular weight excluding hydrogens is 337 g/mol. The van der Waals surface area contributed by atoms with Gasteiger partial charge in [0, 0.05) is 14.1 Å². The Morgan fingerprint density at radius 1 is 1.24 bits per heavy atom. The highest BCUT2D eigenvalue weighted by atomic mass is 32.2. The highest BCUT2D eigenvalue weighted by molar-refractivity contribution is 8.13. The zero-order valence-electron chi connectivity index (χ0n) is 13.1. The SMILES string of the molecule is CCOP(=O)(OCC)N(C)SN(C)C(=O)ON=C(C)SC. The van der Waals surface area contributed by atoms with E-state index < -0.39 is 13.8 Å². The van der Waals surface area contributed by atoms with Crippen LogP contribution in [0.2, 0.25) is 0 Å². The molecule has 0 fully saturated rings. The Kier molecular flexibility index (Phi) is 10.3. The van der Waals surface area contributed by atoms with Gasteiger partial charge >= 0.3 is 13.8 Å². The van der Waals surface area contributed by atoms with E-state index >= 15 is 0 Å². The van der Waals surface area contributed by atoms with Crippen molar-refractivity contribution in [2.45, 2.75) is 20.8 Å². The predicted molar refractivity (Wildman–Crippen MR) is 87.1 cm³/mol. The molecule has 0 atom stereocenters. The summed E-state index contributed by atoms with van der Waals surface area (Å²) in [6.07, 6.45) is 1.12. The average molecular weight is 359 g/mol. The lowest BCUT2D eigenvalue weighted by Crippen LogP contribution is -2.25. The molecule has 0 aromatic carbocycles. The fraction of sp³-hybridized carbons (Fsp3) is 0.800. The van der Waals surface area contributed by atoms with Crippen molar-refractivity contribution in [3.63, 3.8) is 0 Å². The first kappa shape index (κ1) is 20.8. The summed E-state index contributed by atoms with van der Waals surface area (Å²) in [7, 11) is -0.462. The standard InChI is InChI=1S/C10H22N3O5PS2/c1-7-16-19(15,17-8-2)13(5)21-12(4)10(14)18-11-9(3)20-6/h7-8H2,1-6H3. The molecule has 0 saturated carbocycles. The molecule has 8 nitrogen and oxygen atoms in total. The van der Waals surface area contributed by atoms with E-state index in [9.17, 15) is 9.36 Å². The van der Waals surface area contributed by atoms with Gasteiger partial charge in [-0.15, -0.1) is 15.8 Å². The monoisotopic (exact) mass is 359 g/mol. The number of carbonyl (C=O) groups excluding carboxylic acids is 1. The van der Waals surface area contributed by atoms with Crippen LogP contribution in [-0.2, 0) is 18.5 Å². The number of carbonyl (C=O) groups is 1. The fourth-order valence-electron chi connectivity index (χ4n) is 0.980. The van der Waals surface area contributed by atoms with Crippen LogP contribution in [-0.4, -0.2) is 53.1 Å². The molecule has 11 heteroatoms. The minimum Gasteiger partial charge on any atom is -0.296 e. The van der Waals surface area contributed by atoms with E-state index in [2.05, 4.69) is 5.16 Å². The molecule has 0 saturated heterocycles. The highest BCUT2D eigenvalue weighted by Crippen LogP contribution is 2.54. The van der Waals surface area contributed by atoms with E-state index in [1.54, 1.807) is 20.8 Å². The second kappa shape index (κ2) is 10.5. The van der Waals surface area contributed by atoms with Crippen LogP contribution in [0.15, 0.2) is 5.16 Å². The number of hydrogen-bond donors (Lipinski definition) is 0. The second-order valence-corrected chi connectivity index (χ2v) is 8.10. The van der Waals surface area contributed by atoms with Crippen molar-refractivity contribution >= 4 is 42.8 Å². The van der Waals surface area contributed by atoms with Gasteiger partial charge in [-0.05, 0) is 27.0 Å². The molecule has 0 radical (unpaired) electrons. The van der Waals surface area contributed by atoms with Crippen LogP contribution in [0.5, 0.6) is 0 Å². The third-order valence-electron chi connectivity index (χ3n) is 1.97. The van der Waals surface area contributed by atoms with Gasteiger partial charge in [0.05, 0.1) is 25.3 Å². The molecule has 0 aliphatic rings. The minimum atomic E-state index is -3.44. The van der Waals surface area contributed by atoms with Gasteiger partial charge in [-0.25, -0.2) is 13.7 Å². The van der Waals surface area contributed by atoms with E-state index in [0.29, 0.717) is 5.04 Å². The normalized spacial score (nSPS) is 12.6. The number of rotatable bonds is 8. The molecule has 0 aliphatic heterocycles. The van der Waals surface area contributed by atoms with Gasteiger partial charge in [-0.2, -0.15) is 0 Å². The second-order valence-electron chi connectivity index (χ2n) is 3.52. The van der Waals surface area contributed by atoms with Gasteiger partial charge in [0.15, 0.2) is 0 Å². The molecule has 0 aliphatic carbocycles. The highest BCUT2D eigenvalue weighted by Gasteiger charge is 2.33. The van der Waals surface area contributed by atoms with Crippen LogP contribution in [0, 0.1) is 0 Å². The van der Waals surface area contributed by atoms with Gasteiger partial charge in [-0.1, -0.05) is 5.16 Å². The third-order valence-corrected chi connectivity index (χ3v) is 5.95. The molecule has 0 aromatic rings. The summed E-state index contributed by atoms with van der Waals surface area (Å²) >= 11 is 2.22. The lowest BCUT2D eigenvalue weighted by atomic mass is 10.9. The van der Waals surface area contributed by atoms with E-state index in [1.165, 1.54) is 29.9 Å². The first-order chi connectivity index (χ1) is 9.80. The molecule has 0 bridgehead atoms. The molecule has 124 valence electrons. The van der Waals surface area contributed by atoms with Crippen LogP contribution in [0.1, 0.15) is 20.8 Å². The topological polar surface area (TPSA) is 80.7 Å². The summed E-state index contributed by atoms with van der Waals surface area (Å²) in [5.74, 6) is 0. The Morgan fingerprint density at radius 3 is 2.19 bits per heavy atom. The largest absolute Gasteiger partial charge is 0.446 e. The van der Waals surface area contributed by atoms with Crippen LogP contribution in [0.4, 0.5) is 4.79 Å². The fourth-order valence-corrected chi connectivity index (χ4v) is 3.57. The van der Waals surface area contributed by atoms with E-state index in [-0.39, 0.29) is 13.2 Å². The van der Waals surface area contributed by atoms with Gasteiger partial charge in [0.2, 0.25) is 0 Å². The summed E-state index contributed by atoms with van der Waals surface area (Å²) < 4.78 is 25.1. The first-order valence-corrected chi connectivity index (χ1v) is 9.60. The van der Waals surface area contributed by atoms with Gasteiger partial charge in [0.1, 0.15) is 5.04 Å². The molecule has 0 spiro atoms. The molecular formula is C10H22N3O5PS2. The van der Waals surface area contributed by atoms with Crippen LogP contribution in [0.25, 0.3) is 0 Å². The molecule has 0 heterocycles. The molecule has 21 heavy (non-hydrogen) atoms.